The van der Waals surface area contributed by atoms with Crippen LogP contribution in [-0.2, 0) is 12.8 Å². The molecule has 110 valence electrons. The fourth-order valence-corrected chi connectivity index (χ4v) is 4.06. The summed E-state index contributed by atoms with van der Waals surface area (Å²) in [6.45, 7) is 4.38. The second-order valence-corrected chi connectivity index (χ2v) is 6.28. The highest BCUT2D eigenvalue weighted by Crippen LogP contribution is 2.47. The van der Waals surface area contributed by atoms with Crippen LogP contribution in [0, 0.1) is 5.92 Å². The van der Waals surface area contributed by atoms with Gasteiger partial charge in [-0.3, -0.25) is 0 Å². The largest absolute Gasteiger partial charge is 0.507 e. The number of phenolic OH excluding ortho intramolecular Hbond substituents is 1. The number of nitrogens with zero attached hydrogens (tertiary/aromatic N) is 1. The lowest BCUT2D eigenvalue weighted by Crippen LogP contribution is -2.39. The van der Waals surface area contributed by atoms with E-state index < -0.39 is 0 Å². The zero-order chi connectivity index (χ0) is 14.3. The Labute approximate surface area is 121 Å². The summed E-state index contributed by atoms with van der Waals surface area (Å²) in [6.07, 6.45) is 4.33. The minimum atomic E-state index is 0.494. The van der Waals surface area contributed by atoms with Gasteiger partial charge >= 0.3 is 0 Å². The molecule has 1 saturated heterocycles. The molecule has 1 aliphatic carbocycles. The first-order chi connectivity index (χ1) is 9.65. The van der Waals surface area contributed by atoms with Crippen LogP contribution >= 0.6 is 0 Å². The number of benzene rings is 1. The number of aromatic hydroxyl groups is 1. The Balaban J connectivity index is 2.08. The molecule has 1 aliphatic heterocycles. The summed E-state index contributed by atoms with van der Waals surface area (Å²) in [5, 5.41) is 10.6. The first-order valence-corrected chi connectivity index (χ1v) is 7.75. The summed E-state index contributed by atoms with van der Waals surface area (Å²) in [5.74, 6) is 2.68. The molecule has 0 amide bonds. The van der Waals surface area contributed by atoms with Crippen LogP contribution in [0.2, 0.25) is 0 Å². The Morgan fingerprint density at radius 3 is 2.90 bits per heavy atom. The summed E-state index contributed by atoms with van der Waals surface area (Å²) in [6, 6.07) is 2.20. The van der Waals surface area contributed by atoms with Crippen molar-refractivity contribution >= 4 is 0 Å². The zero-order valence-electron chi connectivity index (χ0n) is 12.8. The summed E-state index contributed by atoms with van der Waals surface area (Å²) in [4.78, 5) is 2.41. The fraction of sp³-hybridized carbons (Fsp3) is 0.647. The number of rotatable bonds is 2. The third-order valence-electron chi connectivity index (χ3n) is 5.20. The van der Waals surface area contributed by atoms with Gasteiger partial charge in [-0.25, -0.2) is 0 Å². The number of likely N-dealkylation sites (tertiary alicyclic amines) is 1. The number of fused-ring (bicyclic) bond motifs is 3. The van der Waals surface area contributed by atoms with Crippen molar-refractivity contribution in [1.29, 1.82) is 0 Å². The highest BCUT2D eigenvalue weighted by Gasteiger charge is 2.35. The molecular formula is C17H25NO2. The Morgan fingerprint density at radius 1 is 1.40 bits per heavy atom. The second-order valence-electron chi connectivity index (χ2n) is 6.28. The number of phenols is 1. The van der Waals surface area contributed by atoms with Crippen LogP contribution in [0.5, 0.6) is 11.5 Å². The van der Waals surface area contributed by atoms with Gasteiger partial charge in [0.05, 0.1) is 7.11 Å². The molecule has 3 rings (SSSR count). The Morgan fingerprint density at radius 2 is 2.20 bits per heavy atom. The summed E-state index contributed by atoms with van der Waals surface area (Å²) in [7, 11) is 3.90. The average molecular weight is 275 g/mol. The molecule has 1 fully saturated rings. The summed E-state index contributed by atoms with van der Waals surface area (Å²) in [5.41, 5.74) is 3.48. The standard InChI is InChI=1S/C17H25NO2/c1-4-12-16(20-3)9-14-13(17(12)19)6-5-11-7-8-18(2)10-15(11)14/h9,11,15,19H,4-8,10H2,1-3H3/t11-,15-/m1/s1. The number of methoxy groups -OCH3 is 1. The third-order valence-corrected chi connectivity index (χ3v) is 5.20. The molecule has 1 aromatic rings. The molecule has 0 bridgehead atoms. The Bertz CT molecular complexity index is 512. The normalized spacial score (nSPS) is 25.9. The summed E-state index contributed by atoms with van der Waals surface area (Å²) >= 11 is 0. The van der Waals surface area contributed by atoms with Crippen LogP contribution in [0.4, 0.5) is 0 Å². The molecule has 0 spiro atoms. The molecule has 0 radical (unpaired) electrons. The van der Waals surface area contributed by atoms with Gasteiger partial charge in [0, 0.05) is 18.0 Å². The van der Waals surface area contributed by atoms with Gasteiger partial charge in [-0.15, -0.1) is 0 Å². The lowest BCUT2D eigenvalue weighted by atomic mass is 9.71. The molecule has 1 N–H and O–H groups in total. The quantitative estimate of drug-likeness (QED) is 0.900. The fourth-order valence-electron chi connectivity index (χ4n) is 4.06. The van der Waals surface area contributed by atoms with Crippen molar-refractivity contribution < 1.29 is 9.84 Å². The van der Waals surface area contributed by atoms with Gasteiger partial charge in [0.2, 0.25) is 0 Å². The van der Waals surface area contributed by atoms with Crippen molar-refractivity contribution in [3.8, 4) is 11.5 Å². The maximum absolute atomic E-state index is 10.6. The van der Waals surface area contributed by atoms with Crippen molar-refractivity contribution in [2.75, 3.05) is 27.2 Å². The van der Waals surface area contributed by atoms with Crippen molar-refractivity contribution in [1.82, 2.24) is 4.90 Å². The van der Waals surface area contributed by atoms with E-state index in [4.69, 9.17) is 4.74 Å². The van der Waals surface area contributed by atoms with Crippen molar-refractivity contribution in [2.24, 2.45) is 5.92 Å². The van der Waals surface area contributed by atoms with Crippen molar-refractivity contribution in [2.45, 2.75) is 38.5 Å². The minimum Gasteiger partial charge on any atom is -0.507 e. The van der Waals surface area contributed by atoms with E-state index in [1.165, 1.54) is 30.5 Å². The Kier molecular flexibility index (Phi) is 3.63. The number of ether oxygens (including phenoxy) is 1. The van der Waals surface area contributed by atoms with Gasteiger partial charge < -0.3 is 14.7 Å². The van der Waals surface area contributed by atoms with E-state index in [0.29, 0.717) is 11.7 Å². The molecule has 0 saturated carbocycles. The van der Waals surface area contributed by atoms with E-state index >= 15 is 0 Å². The smallest absolute Gasteiger partial charge is 0.126 e. The molecule has 2 atom stereocenters. The van der Waals surface area contributed by atoms with Gasteiger partial charge in [-0.1, -0.05) is 6.92 Å². The topological polar surface area (TPSA) is 32.7 Å². The molecule has 2 aliphatic rings. The van der Waals surface area contributed by atoms with E-state index in [9.17, 15) is 5.11 Å². The van der Waals surface area contributed by atoms with Crippen molar-refractivity contribution in [3.05, 3.63) is 22.8 Å². The van der Waals surface area contributed by atoms with E-state index in [0.717, 1.165) is 36.6 Å². The van der Waals surface area contributed by atoms with Crippen LogP contribution in [0.25, 0.3) is 0 Å². The van der Waals surface area contributed by atoms with Crippen LogP contribution in [0.1, 0.15) is 42.4 Å². The van der Waals surface area contributed by atoms with Gasteiger partial charge in [-0.2, -0.15) is 0 Å². The predicted octanol–water partition coefficient (Wildman–Crippen LogP) is 2.94. The van der Waals surface area contributed by atoms with Crippen LogP contribution in [0.15, 0.2) is 6.07 Å². The maximum atomic E-state index is 10.6. The van der Waals surface area contributed by atoms with Crippen LogP contribution in [-0.4, -0.2) is 37.3 Å². The summed E-state index contributed by atoms with van der Waals surface area (Å²) < 4.78 is 5.52. The minimum absolute atomic E-state index is 0.494. The molecule has 20 heavy (non-hydrogen) atoms. The molecule has 3 nitrogen and oxygen atoms in total. The van der Waals surface area contributed by atoms with E-state index in [2.05, 4.69) is 24.9 Å². The second kappa shape index (κ2) is 5.28. The van der Waals surface area contributed by atoms with E-state index in [1.54, 1.807) is 7.11 Å². The van der Waals surface area contributed by atoms with Gasteiger partial charge in [0.25, 0.3) is 0 Å². The van der Waals surface area contributed by atoms with Crippen molar-refractivity contribution in [3.63, 3.8) is 0 Å². The lowest BCUT2D eigenvalue weighted by molar-refractivity contribution is 0.173. The van der Waals surface area contributed by atoms with Crippen LogP contribution < -0.4 is 4.74 Å². The van der Waals surface area contributed by atoms with Crippen LogP contribution in [0.3, 0.4) is 0 Å². The maximum Gasteiger partial charge on any atom is 0.126 e. The van der Waals surface area contributed by atoms with Gasteiger partial charge in [0.1, 0.15) is 11.5 Å². The number of piperidine rings is 1. The van der Waals surface area contributed by atoms with E-state index in [-0.39, 0.29) is 0 Å². The number of hydrogen-bond donors (Lipinski definition) is 1. The Hall–Kier alpha value is -1.22. The molecule has 1 aromatic carbocycles. The highest BCUT2D eigenvalue weighted by atomic mass is 16.5. The third kappa shape index (κ3) is 2.08. The first kappa shape index (κ1) is 13.7. The molecule has 1 heterocycles. The number of hydrogen-bond acceptors (Lipinski definition) is 3. The average Bonchev–Trinajstić information content (AvgIpc) is 2.46. The first-order valence-electron chi connectivity index (χ1n) is 7.75. The van der Waals surface area contributed by atoms with E-state index in [1.807, 2.05) is 0 Å². The monoisotopic (exact) mass is 275 g/mol. The molecule has 0 unspecified atom stereocenters. The van der Waals surface area contributed by atoms with Gasteiger partial charge in [0.15, 0.2) is 0 Å². The molecule has 3 heteroatoms. The molecular weight excluding hydrogens is 250 g/mol. The zero-order valence-corrected chi connectivity index (χ0v) is 12.8. The predicted molar refractivity (Wildman–Crippen MR) is 80.7 cm³/mol. The van der Waals surface area contributed by atoms with Gasteiger partial charge in [-0.05, 0) is 62.4 Å². The number of likely N-dealkylation sites (N-methyl/N-ethyl adjacent to an activating group) is 1. The SMILES string of the molecule is CCc1c(OC)cc2c(c1O)CC[C@@H]1CCN(C)C[C@@H]21. The lowest BCUT2D eigenvalue weighted by Gasteiger charge is -2.41. The highest BCUT2D eigenvalue weighted by molar-refractivity contribution is 5.55. The molecule has 0 aromatic heterocycles.